The van der Waals surface area contributed by atoms with Gasteiger partial charge in [0.05, 0.1) is 11.9 Å². The summed E-state index contributed by atoms with van der Waals surface area (Å²) in [5.41, 5.74) is 1.45. The summed E-state index contributed by atoms with van der Waals surface area (Å²) in [6, 6.07) is 3.67. The Balaban J connectivity index is 2.19. The van der Waals surface area contributed by atoms with Crippen molar-refractivity contribution in [2.75, 3.05) is 30.4 Å². The van der Waals surface area contributed by atoms with Crippen LogP contribution in [0.15, 0.2) is 18.3 Å². The molecule has 0 atom stereocenters. The highest BCUT2D eigenvalue weighted by Gasteiger charge is 2.05. The zero-order chi connectivity index (χ0) is 15.3. The first-order valence-electron chi connectivity index (χ1n) is 7.75. The van der Waals surface area contributed by atoms with E-state index < -0.39 is 0 Å². The van der Waals surface area contributed by atoms with Gasteiger partial charge in [-0.15, -0.1) is 0 Å². The molecule has 1 heterocycles. The van der Waals surface area contributed by atoms with Gasteiger partial charge in [-0.3, -0.25) is 4.79 Å². The largest absolute Gasteiger partial charge is 0.384 e. The molecule has 0 unspecified atom stereocenters. The molecule has 1 rings (SSSR count). The van der Waals surface area contributed by atoms with Crippen molar-refractivity contribution in [3.8, 4) is 0 Å². The van der Waals surface area contributed by atoms with Crippen molar-refractivity contribution in [3.05, 3.63) is 24.0 Å². The maximum absolute atomic E-state index is 11.9. The summed E-state index contributed by atoms with van der Waals surface area (Å²) in [7, 11) is 0. The molecule has 0 aliphatic heterocycles. The van der Waals surface area contributed by atoms with E-state index in [1.807, 2.05) is 17.8 Å². The third-order valence-corrected chi connectivity index (χ3v) is 3.83. The van der Waals surface area contributed by atoms with Crippen LogP contribution < -0.4 is 10.6 Å². The molecule has 1 aromatic heterocycles. The lowest BCUT2D eigenvalue weighted by molar-refractivity contribution is 0.0948. The number of anilines is 1. The van der Waals surface area contributed by atoms with Crippen LogP contribution in [0.3, 0.4) is 0 Å². The Labute approximate surface area is 132 Å². The smallest absolute Gasteiger partial charge is 0.269 e. The molecule has 1 amide bonds. The van der Waals surface area contributed by atoms with Crippen molar-refractivity contribution in [2.24, 2.45) is 0 Å². The number of amides is 1. The third kappa shape index (κ3) is 7.95. The van der Waals surface area contributed by atoms with Crippen LogP contribution in [0.4, 0.5) is 5.69 Å². The highest BCUT2D eigenvalue weighted by molar-refractivity contribution is 7.98. The maximum Gasteiger partial charge on any atom is 0.269 e. The van der Waals surface area contributed by atoms with Crippen LogP contribution in [0.5, 0.6) is 0 Å². The minimum atomic E-state index is -0.0823. The Morgan fingerprint density at radius 1 is 1.19 bits per heavy atom. The number of hydrogen-bond acceptors (Lipinski definition) is 4. The standard InChI is InChI=1S/C16H27N3OS/c1-3-10-17-14-8-9-15(19-13-14)16(20)18-11-6-4-5-7-12-21-2/h8-9,13,17H,3-7,10-12H2,1-2H3,(H,18,20). The number of nitrogens with one attached hydrogen (secondary N) is 2. The van der Waals surface area contributed by atoms with Crippen molar-refractivity contribution >= 4 is 23.4 Å². The molecule has 0 saturated heterocycles. The molecule has 0 aromatic carbocycles. The van der Waals surface area contributed by atoms with Crippen LogP contribution in [0.1, 0.15) is 49.5 Å². The van der Waals surface area contributed by atoms with Gasteiger partial charge in [0.1, 0.15) is 5.69 Å². The summed E-state index contributed by atoms with van der Waals surface area (Å²) in [6.45, 7) is 3.77. The topological polar surface area (TPSA) is 54.0 Å². The Hall–Kier alpha value is -1.23. The highest BCUT2D eigenvalue weighted by atomic mass is 32.2. The molecule has 0 radical (unpaired) electrons. The second-order valence-corrected chi connectivity index (χ2v) is 6.01. The van der Waals surface area contributed by atoms with E-state index in [1.54, 1.807) is 12.3 Å². The fraction of sp³-hybridized carbons (Fsp3) is 0.625. The van der Waals surface area contributed by atoms with E-state index in [0.717, 1.165) is 31.6 Å². The van der Waals surface area contributed by atoms with Gasteiger partial charge in [-0.05, 0) is 43.4 Å². The molecule has 1 aromatic rings. The van der Waals surface area contributed by atoms with Gasteiger partial charge in [0.2, 0.25) is 0 Å². The monoisotopic (exact) mass is 309 g/mol. The lowest BCUT2D eigenvalue weighted by Crippen LogP contribution is -2.25. The SMILES string of the molecule is CCCNc1ccc(C(=O)NCCCCCCSC)nc1. The minimum absolute atomic E-state index is 0.0823. The molecule has 21 heavy (non-hydrogen) atoms. The van der Waals surface area contributed by atoms with Crippen LogP contribution >= 0.6 is 11.8 Å². The van der Waals surface area contributed by atoms with Gasteiger partial charge in [-0.2, -0.15) is 11.8 Å². The maximum atomic E-state index is 11.9. The van der Waals surface area contributed by atoms with E-state index in [2.05, 4.69) is 28.8 Å². The number of thioether (sulfide) groups is 1. The van der Waals surface area contributed by atoms with Crippen LogP contribution in [-0.4, -0.2) is 36.0 Å². The minimum Gasteiger partial charge on any atom is -0.384 e. The first-order valence-corrected chi connectivity index (χ1v) is 9.14. The average Bonchev–Trinajstić information content (AvgIpc) is 2.52. The lowest BCUT2D eigenvalue weighted by Gasteiger charge is -2.07. The Morgan fingerprint density at radius 3 is 2.67 bits per heavy atom. The summed E-state index contributed by atoms with van der Waals surface area (Å²) >= 11 is 1.89. The van der Waals surface area contributed by atoms with Gasteiger partial charge in [-0.1, -0.05) is 19.8 Å². The van der Waals surface area contributed by atoms with Gasteiger partial charge in [0.25, 0.3) is 5.91 Å². The quantitative estimate of drug-likeness (QED) is 0.614. The lowest BCUT2D eigenvalue weighted by atomic mass is 10.2. The fourth-order valence-electron chi connectivity index (χ4n) is 1.92. The van der Waals surface area contributed by atoms with Crippen LogP contribution in [0.2, 0.25) is 0 Å². The highest BCUT2D eigenvalue weighted by Crippen LogP contribution is 2.07. The molecular weight excluding hydrogens is 282 g/mol. The van der Waals surface area contributed by atoms with Gasteiger partial charge in [-0.25, -0.2) is 4.98 Å². The van der Waals surface area contributed by atoms with E-state index in [9.17, 15) is 4.79 Å². The molecule has 0 saturated carbocycles. The zero-order valence-electron chi connectivity index (χ0n) is 13.2. The summed E-state index contributed by atoms with van der Waals surface area (Å²) in [6.07, 6.45) is 9.64. The van der Waals surface area contributed by atoms with E-state index in [-0.39, 0.29) is 5.91 Å². The molecule has 0 fully saturated rings. The summed E-state index contributed by atoms with van der Waals surface area (Å²) in [4.78, 5) is 16.1. The molecule has 2 N–H and O–H groups in total. The molecule has 0 spiro atoms. The van der Waals surface area contributed by atoms with Crippen molar-refractivity contribution in [3.63, 3.8) is 0 Å². The van der Waals surface area contributed by atoms with Gasteiger partial charge in [0, 0.05) is 13.1 Å². The van der Waals surface area contributed by atoms with Gasteiger partial charge < -0.3 is 10.6 Å². The van der Waals surface area contributed by atoms with Gasteiger partial charge in [0.15, 0.2) is 0 Å². The third-order valence-electron chi connectivity index (χ3n) is 3.14. The average molecular weight is 309 g/mol. The van der Waals surface area contributed by atoms with Crippen molar-refractivity contribution < 1.29 is 4.79 Å². The van der Waals surface area contributed by atoms with Crippen molar-refractivity contribution in [1.82, 2.24) is 10.3 Å². The number of rotatable bonds is 11. The molecule has 118 valence electrons. The first-order chi connectivity index (χ1) is 10.3. The number of unbranched alkanes of at least 4 members (excludes halogenated alkanes) is 3. The second-order valence-electron chi connectivity index (χ2n) is 5.02. The molecule has 0 aliphatic carbocycles. The first kappa shape index (κ1) is 17.8. The number of aromatic nitrogens is 1. The van der Waals surface area contributed by atoms with E-state index in [0.29, 0.717) is 5.69 Å². The zero-order valence-corrected chi connectivity index (χ0v) is 14.0. The Morgan fingerprint density at radius 2 is 2.00 bits per heavy atom. The molecule has 0 bridgehead atoms. The van der Waals surface area contributed by atoms with E-state index in [4.69, 9.17) is 0 Å². The van der Waals surface area contributed by atoms with Crippen molar-refractivity contribution in [1.29, 1.82) is 0 Å². The summed E-state index contributed by atoms with van der Waals surface area (Å²) in [5, 5.41) is 6.17. The summed E-state index contributed by atoms with van der Waals surface area (Å²) < 4.78 is 0. The number of hydrogen-bond donors (Lipinski definition) is 2. The predicted octanol–water partition coefficient (Wildman–Crippen LogP) is 3.56. The van der Waals surface area contributed by atoms with Crippen LogP contribution in [0.25, 0.3) is 0 Å². The number of carbonyl (C=O) groups is 1. The second kappa shape index (κ2) is 11.4. The molecular formula is C16H27N3OS. The predicted molar refractivity (Wildman–Crippen MR) is 92.2 cm³/mol. The fourth-order valence-corrected chi connectivity index (χ4v) is 2.41. The summed E-state index contributed by atoms with van der Waals surface area (Å²) in [5.74, 6) is 1.15. The Bertz CT molecular complexity index is 395. The van der Waals surface area contributed by atoms with Crippen molar-refractivity contribution in [2.45, 2.75) is 39.0 Å². The van der Waals surface area contributed by atoms with E-state index in [1.165, 1.54) is 25.0 Å². The number of pyridine rings is 1. The molecule has 4 nitrogen and oxygen atoms in total. The number of carbonyl (C=O) groups excluding carboxylic acids is 1. The normalized spacial score (nSPS) is 10.4. The van der Waals surface area contributed by atoms with E-state index >= 15 is 0 Å². The van der Waals surface area contributed by atoms with Crippen LogP contribution in [0, 0.1) is 0 Å². The molecule has 5 heteroatoms. The number of nitrogens with zero attached hydrogens (tertiary/aromatic N) is 1. The van der Waals surface area contributed by atoms with Crippen LogP contribution in [-0.2, 0) is 0 Å². The Kier molecular flexibility index (Phi) is 9.70. The van der Waals surface area contributed by atoms with Gasteiger partial charge >= 0.3 is 0 Å². The molecule has 0 aliphatic rings.